The zero-order valence-corrected chi connectivity index (χ0v) is 19.1. The highest BCUT2D eigenvalue weighted by Gasteiger charge is 2.29. The van der Waals surface area contributed by atoms with Crippen molar-refractivity contribution in [2.45, 2.75) is 31.5 Å². The van der Waals surface area contributed by atoms with Crippen LogP contribution in [0.3, 0.4) is 0 Å². The van der Waals surface area contributed by atoms with Gasteiger partial charge in [0.05, 0.1) is 23.8 Å². The highest BCUT2D eigenvalue weighted by molar-refractivity contribution is 7.99. The van der Waals surface area contributed by atoms with Crippen molar-refractivity contribution in [2.24, 2.45) is 0 Å². The summed E-state index contributed by atoms with van der Waals surface area (Å²) < 4.78 is 24.4. The highest BCUT2D eigenvalue weighted by Crippen LogP contribution is 2.22. The standard InChI is InChI=1S/C19H26N6O4S2/c1-3-24(10-16(26)21-15-8-9-31(28,29)12-15)17(27)11-30-19-23-22-18(25(19)20)14-6-4-13(2)5-7-14/h4-7,15H,3,8-12,20H2,1-2H3,(H,21,26). The Morgan fingerprint density at radius 3 is 2.61 bits per heavy atom. The zero-order valence-electron chi connectivity index (χ0n) is 17.4. The topological polar surface area (TPSA) is 140 Å². The summed E-state index contributed by atoms with van der Waals surface area (Å²) in [7, 11) is -3.08. The number of sulfone groups is 1. The number of thioether (sulfide) groups is 1. The fourth-order valence-corrected chi connectivity index (χ4v) is 5.66. The first-order valence-electron chi connectivity index (χ1n) is 9.86. The minimum absolute atomic E-state index is 0.0438. The van der Waals surface area contributed by atoms with E-state index in [1.807, 2.05) is 31.2 Å². The molecule has 1 saturated heterocycles. The van der Waals surface area contributed by atoms with E-state index in [9.17, 15) is 18.0 Å². The molecule has 31 heavy (non-hydrogen) atoms. The lowest BCUT2D eigenvalue weighted by atomic mass is 10.1. The molecule has 0 saturated carbocycles. The summed E-state index contributed by atoms with van der Waals surface area (Å²) >= 11 is 1.14. The number of nitrogens with two attached hydrogens (primary N) is 1. The smallest absolute Gasteiger partial charge is 0.239 e. The van der Waals surface area contributed by atoms with E-state index in [0.717, 1.165) is 22.9 Å². The monoisotopic (exact) mass is 466 g/mol. The van der Waals surface area contributed by atoms with Crippen LogP contribution in [-0.4, -0.2) is 76.4 Å². The summed E-state index contributed by atoms with van der Waals surface area (Å²) in [4.78, 5) is 26.2. The normalized spacial score (nSPS) is 17.4. The molecule has 0 spiro atoms. The van der Waals surface area contributed by atoms with Gasteiger partial charge in [-0.3, -0.25) is 9.59 Å². The number of hydrogen-bond acceptors (Lipinski definition) is 8. The molecule has 1 aliphatic heterocycles. The molecule has 2 aromatic rings. The molecule has 168 valence electrons. The maximum absolute atomic E-state index is 12.6. The molecule has 10 nitrogen and oxygen atoms in total. The number of nitrogens with zero attached hydrogens (tertiary/aromatic N) is 4. The second kappa shape index (κ2) is 9.69. The molecule has 2 heterocycles. The maximum atomic E-state index is 12.6. The van der Waals surface area contributed by atoms with Crippen LogP contribution >= 0.6 is 11.8 Å². The second-order valence-corrected chi connectivity index (χ2v) is 10.6. The third-order valence-corrected chi connectivity index (χ3v) is 7.66. The van der Waals surface area contributed by atoms with Crippen LogP contribution in [-0.2, 0) is 19.4 Å². The lowest BCUT2D eigenvalue weighted by molar-refractivity contribution is -0.134. The van der Waals surface area contributed by atoms with Gasteiger partial charge in [0.15, 0.2) is 15.7 Å². The largest absolute Gasteiger partial charge is 0.351 e. The summed E-state index contributed by atoms with van der Waals surface area (Å²) in [5.74, 6) is 6.04. The molecular weight excluding hydrogens is 440 g/mol. The predicted octanol–water partition coefficient (Wildman–Crippen LogP) is 0.211. The lowest BCUT2D eigenvalue weighted by Gasteiger charge is -2.21. The molecule has 1 atom stereocenters. The van der Waals surface area contributed by atoms with Crippen molar-refractivity contribution < 1.29 is 18.0 Å². The predicted molar refractivity (Wildman–Crippen MR) is 119 cm³/mol. The number of likely N-dealkylation sites (N-methyl/N-ethyl adjacent to an activating group) is 1. The van der Waals surface area contributed by atoms with E-state index < -0.39 is 15.9 Å². The Kier molecular flexibility index (Phi) is 7.21. The van der Waals surface area contributed by atoms with E-state index in [1.54, 1.807) is 6.92 Å². The van der Waals surface area contributed by atoms with E-state index in [0.29, 0.717) is 23.9 Å². The number of nitrogen functional groups attached to an aromatic ring is 1. The number of rotatable bonds is 8. The summed E-state index contributed by atoms with van der Waals surface area (Å²) in [6.45, 7) is 3.98. The van der Waals surface area contributed by atoms with Gasteiger partial charge in [-0.05, 0) is 20.3 Å². The average molecular weight is 467 g/mol. The Morgan fingerprint density at radius 2 is 2.00 bits per heavy atom. The molecule has 3 rings (SSSR count). The van der Waals surface area contributed by atoms with Crippen molar-refractivity contribution in [3.8, 4) is 11.4 Å². The molecule has 0 radical (unpaired) electrons. The van der Waals surface area contributed by atoms with Crippen molar-refractivity contribution in [1.82, 2.24) is 25.1 Å². The van der Waals surface area contributed by atoms with Crippen LogP contribution < -0.4 is 11.2 Å². The van der Waals surface area contributed by atoms with Crippen LogP contribution in [0, 0.1) is 6.92 Å². The van der Waals surface area contributed by atoms with Gasteiger partial charge in [-0.25, -0.2) is 13.1 Å². The van der Waals surface area contributed by atoms with E-state index in [1.165, 1.54) is 9.58 Å². The minimum atomic E-state index is -3.08. The number of carbonyl (C=O) groups excluding carboxylic acids is 2. The van der Waals surface area contributed by atoms with E-state index in [4.69, 9.17) is 5.84 Å². The van der Waals surface area contributed by atoms with Gasteiger partial charge in [0.1, 0.15) is 0 Å². The Bertz CT molecular complexity index is 1050. The number of aryl methyl sites for hydroxylation is 1. The van der Waals surface area contributed by atoms with Gasteiger partial charge in [0, 0.05) is 18.2 Å². The highest BCUT2D eigenvalue weighted by atomic mass is 32.2. The molecule has 1 fully saturated rings. The summed E-state index contributed by atoms with van der Waals surface area (Å²) in [5, 5.41) is 11.3. The third kappa shape index (κ3) is 5.97. The van der Waals surface area contributed by atoms with Crippen molar-refractivity contribution >= 4 is 33.4 Å². The Balaban J connectivity index is 1.54. The number of carbonyl (C=O) groups is 2. The van der Waals surface area contributed by atoms with E-state index in [2.05, 4.69) is 15.5 Å². The third-order valence-electron chi connectivity index (χ3n) is 4.97. The molecule has 3 N–H and O–H groups in total. The number of aromatic nitrogens is 3. The molecule has 0 aliphatic carbocycles. The lowest BCUT2D eigenvalue weighted by Crippen LogP contribution is -2.45. The Hall–Kier alpha value is -2.60. The molecule has 1 unspecified atom stereocenters. The minimum Gasteiger partial charge on any atom is -0.351 e. The molecule has 2 amide bonds. The second-order valence-electron chi connectivity index (χ2n) is 7.41. The zero-order chi connectivity index (χ0) is 22.6. The van der Waals surface area contributed by atoms with Gasteiger partial charge in [0.25, 0.3) is 0 Å². The fourth-order valence-electron chi connectivity index (χ4n) is 3.22. The van der Waals surface area contributed by atoms with Crippen molar-refractivity contribution in [1.29, 1.82) is 0 Å². The van der Waals surface area contributed by atoms with Crippen molar-refractivity contribution in [2.75, 3.05) is 36.2 Å². The Labute approximate surface area is 185 Å². The molecule has 0 bridgehead atoms. The Morgan fingerprint density at radius 1 is 1.29 bits per heavy atom. The van der Waals surface area contributed by atoms with Gasteiger partial charge in [-0.15, -0.1) is 10.2 Å². The fraction of sp³-hybridized carbons (Fsp3) is 0.474. The molecule has 1 aliphatic rings. The van der Waals surface area contributed by atoms with Gasteiger partial charge < -0.3 is 16.1 Å². The summed E-state index contributed by atoms with van der Waals surface area (Å²) in [6, 6.07) is 7.30. The molecular formula is C19H26N6O4S2. The first kappa shape index (κ1) is 23.1. The number of hydrogen-bond donors (Lipinski definition) is 2. The summed E-state index contributed by atoms with van der Waals surface area (Å²) in [6.07, 6.45) is 0.402. The van der Waals surface area contributed by atoms with Crippen LogP contribution in [0.4, 0.5) is 0 Å². The van der Waals surface area contributed by atoms with Gasteiger partial charge in [-0.2, -0.15) is 0 Å². The maximum Gasteiger partial charge on any atom is 0.239 e. The number of amides is 2. The van der Waals surface area contributed by atoms with Crippen LogP contribution in [0.5, 0.6) is 0 Å². The first-order valence-corrected chi connectivity index (χ1v) is 12.7. The van der Waals surface area contributed by atoms with Crippen molar-refractivity contribution in [3.05, 3.63) is 29.8 Å². The van der Waals surface area contributed by atoms with Crippen LogP contribution in [0.1, 0.15) is 18.9 Å². The van der Waals surface area contributed by atoms with Gasteiger partial charge in [0.2, 0.25) is 17.0 Å². The van der Waals surface area contributed by atoms with Crippen LogP contribution in [0.15, 0.2) is 29.4 Å². The quantitative estimate of drug-likeness (QED) is 0.416. The average Bonchev–Trinajstić information content (AvgIpc) is 3.26. The van der Waals surface area contributed by atoms with Crippen molar-refractivity contribution in [3.63, 3.8) is 0 Å². The molecule has 12 heteroatoms. The first-order chi connectivity index (χ1) is 14.7. The van der Waals surface area contributed by atoms with Gasteiger partial charge in [-0.1, -0.05) is 41.6 Å². The van der Waals surface area contributed by atoms with Gasteiger partial charge >= 0.3 is 0 Å². The molecule has 1 aromatic carbocycles. The SMILES string of the molecule is CCN(CC(=O)NC1CCS(=O)(=O)C1)C(=O)CSc1nnc(-c2ccc(C)cc2)n1N. The summed E-state index contributed by atoms with van der Waals surface area (Å²) in [5.41, 5.74) is 1.94. The van der Waals surface area contributed by atoms with Crippen LogP contribution in [0.25, 0.3) is 11.4 Å². The van der Waals surface area contributed by atoms with Crippen LogP contribution in [0.2, 0.25) is 0 Å². The van der Waals surface area contributed by atoms with E-state index >= 15 is 0 Å². The molecule has 1 aromatic heterocycles. The van der Waals surface area contributed by atoms with E-state index in [-0.39, 0.29) is 35.6 Å². The number of benzene rings is 1. The number of nitrogens with one attached hydrogen (secondary N) is 1.